The number of amides is 1. The lowest BCUT2D eigenvalue weighted by Gasteiger charge is -2.28. The molecule has 10 nitrogen and oxygen atoms in total. The molecule has 190 valence electrons. The number of carbonyl (C=O) groups excluding carboxylic acids is 1. The third kappa shape index (κ3) is 19.8. The van der Waals surface area contributed by atoms with E-state index < -0.39 is 0 Å². The first-order valence-electron chi connectivity index (χ1n) is 11.7. The molecule has 0 bridgehead atoms. The van der Waals surface area contributed by atoms with Gasteiger partial charge in [0.05, 0.1) is 92.0 Å². The van der Waals surface area contributed by atoms with E-state index in [1.807, 2.05) is 0 Å². The van der Waals surface area contributed by atoms with E-state index in [1.165, 1.54) is 6.92 Å². The Kier molecular flexibility index (Phi) is 20.0. The second-order valence-corrected chi connectivity index (χ2v) is 7.53. The van der Waals surface area contributed by atoms with E-state index in [4.69, 9.17) is 33.2 Å². The van der Waals surface area contributed by atoms with Crippen molar-refractivity contribution in [2.24, 2.45) is 0 Å². The van der Waals surface area contributed by atoms with Gasteiger partial charge < -0.3 is 43.4 Å². The average molecular weight is 465 g/mol. The van der Waals surface area contributed by atoms with Gasteiger partial charge in [-0.1, -0.05) is 0 Å². The Balaban J connectivity index is 1.65. The number of likely N-dealkylation sites (tertiary alicyclic amines) is 1. The lowest BCUT2D eigenvalue weighted by Crippen LogP contribution is -2.34. The number of nitrogens with one attached hydrogen (secondary N) is 1. The first kappa shape index (κ1) is 29.2. The number of ether oxygens (including phenoxy) is 7. The maximum atomic E-state index is 10.7. The summed E-state index contributed by atoms with van der Waals surface area (Å²) in [6, 6.07) is 0. The molecule has 1 N–H and O–H groups in total. The summed E-state index contributed by atoms with van der Waals surface area (Å²) in [7, 11) is 2.15. The number of carbonyl (C=O) groups is 1. The lowest BCUT2D eigenvalue weighted by molar-refractivity contribution is -0.119. The fourth-order valence-electron chi connectivity index (χ4n) is 2.93. The molecule has 1 aliphatic heterocycles. The molecule has 0 aliphatic carbocycles. The van der Waals surface area contributed by atoms with Crippen molar-refractivity contribution < 1.29 is 38.0 Å². The molecule has 0 unspecified atom stereocenters. The highest BCUT2D eigenvalue weighted by Crippen LogP contribution is 2.11. The molecule has 0 spiro atoms. The molecule has 0 saturated carbocycles. The van der Waals surface area contributed by atoms with Gasteiger partial charge in [0.25, 0.3) is 0 Å². The molecule has 1 saturated heterocycles. The van der Waals surface area contributed by atoms with Crippen LogP contribution in [0.15, 0.2) is 0 Å². The lowest BCUT2D eigenvalue weighted by atomic mass is 10.1. The summed E-state index contributed by atoms with van der Waals surface area (Å²) in [5.74, 6) is -0.0526. The Morgan fingerprint density at radius 3 is 1.47 bits per heavy atom. The van der Waals surface area contributed by atoms with Crippen LogP contribution in [0.4, 0.5) is 0 Å². The zero-order chi connectivity index (χ0) is 23.1. The first-order chi connectivity index (χ1) is 15.7. The highest BCUT2D eigenvalue weighted by molar-refractivity contribution is 5.72. The molecule has 1 amide bonds. The van der Waals surface area contributed by atoms with Gasteiger partial charge in [0.2, 0.25) is 5.91 Å². The van der Waals surface area contributed by atoms with Gasteiger partial charge in [-0.3, -0.25) is 4.79 Å². The fourth-order valence-corrected chi connectivity index (χ4v) is 2.93. The van der Waals surface area contributed by atoms with Gasteiger partial charge in [0, 0.05) is 26.6 Å². The molecule has 0 radical (unpaired) electrons. The van der Waals surface area contributed by atoms with Crippen LogP contribution in [0.5, 0.6) is 0 Å². The Labute approximate surface area is 193 Å². The van der Waals surface area contributed by atoms with Gasteiger partial charge >= 0.3 is 0 Å². The topological polar surface area (TPSA) is 97.0 Å². The minimum Gasteiger partial charge on any atom is -0.377 e. The standard InChI is InChI=1S/C22H44N2O8/c1-21(25)23-5-8-26-9-10-27-11-12-28-13-14-29-15-16-30-17-18-31-19-20-32-22-3-6-24(2)7-4-22/h22H,3-20H2,1-2H3,(H,23,25). The highest BCUT2D eigenvalue weighted by Gasteiger charge is 2.16. The summed E-state index contributed by atoms with van der Waals surface area (Å²) in [4.78, 5) is 13.0. The van der Waals surface area contributed by atoms with Crippen molar-refractivity contribution in [1.29, 1.82) is 0 Å². The van der Waals surface area contributed by atoms with Crippen molar-refractivity contribution in [2.45, 2.75) is 25.9 Å². The van der Waals surface area contributed by atoms with Crippen molar-refractivity contribution in [1.82, 2.24) is 10.2 Å². The van der Waals surface area contributed by atoms with E-state index in [9.17, 15) is 4.79 Å². The SMILES string of the molecule is CC(=O)NCCOCCOCCOCCOCCOCCOCCOC1CCN(C)CC1. The molecule has 0 aromatic rings. The fraction of sp³-hybridized carbons (Fsp3) is 0.955. The van der Waals surface area contributed by atoms with Gasteiger partial charge in [-0.2, -0.15) is 0 Å². The predicted octanol–water partition coefficient (Wildman–Crippen LogP) is 0.333. The van der Waals surface area contributed by atoms with Gasteiger partial charge in [-0.15, -0.1) is 0 Å². The molecule has 0 aromatic carbocycles. The Morgan fingerprint density at radius 2 is 1.06 bits per heavy atom. The molecule has 0 atom stereocenters. The molecule has 1 heterocycles. The second kappa shape index (κ2) is 22.0. The normalized spacial score (nSPS) is 15.3. The van der Waals surface area contributed by atoms with Crippen molar-refractivity contribution in [3.05, 3.63) is 0 Å². The van der Waals surface area contributed by atoms with Crippen LogP contribution in [0.25, 0.3) is 0 Å². The summed E-state index contributed by atoms with van der Waals surface area (Å²) in [5, 5.41) is 2.66. The van der Waals surface area contributed by atoms with Crippen molar-refractivity contribution in [2.75, 3.05) is 113 Å². The highest BCUT2D eigenvalue weighted by atomic mass is 16.6. The van der Waals surface area contributed by atoms with Crippen LogP contribution in [0.1, 0.15) is 19.8 Å². The minimum atomic E-state index is -0.0526. The summed E-state index contributed by atoms with van der Waals surface area (Å²) < 4.78 is 38.4. The number of nitrogens with zero attached hydrogens (tertiary/aromatic N) is 1. The van der Waals surface area contributed by atoms with Crippen LogP contribution in [-0.2, 0) is 38.0 Å². The third-order valence-electron chi connectivity index (χ3n) is 4.73. The van der Waals surface area contributed by atoms with E-state index in [0.717, 1.165) is 25.9 Å². The second-order valence-electron chi connectivity index (χ2n) is 7.53. The van der Waals surface area contributed by atoms with E-state index >= 15 is 0 Å². The molecular formula is C22H44N2O8. The van der Waals surface area contributed by atoms with E-state index in [2.05, 4.69) is 17.3 Å². The Hall–Kier alpha value is -0.850. The Bertz CT molecular complexity index is 423. The molecule has 1 aliphatic rings. The molecule has 32 heavy (non-hydrogen) atoms. The maximum Gasteiger partial charge on any atom is 0.216 e. The summed E-state index contributed by atoms with van der Waals surface area (Å²) in [5.41, 5.74) is 0. The summed E-state index contributed by atoms with van der Waals surface area (Å²) in [6.07, 6.45) is 2.60. The van der Waals surface area contributed by atoms with Gasteiger partial charge in [-0.25, -0.2) is 0 Å². The van der Waals surface area contributed by atoms with Crippen LogP contribution in [0.3, 0.4) is 0 Å². The quantitative estimate of drug-likeness (QED) is 0.227. The molecule has 0 aromatic heterocycles. The van der Waals surface area contributed by atoms with Crippen LogP contribution in [0, 0.1) is 0 Å². The Morgan fingerprint density at radius 1 is 0.688 bits per heavy atom. The first-order valence-corrected chi connectivity index (χ1v) is 11.7. The number of hydrogen-bond acceptors (Lipinski definition) is 9. The smallest absolute Gasteiger partial charge is 0.216 e. The van der Waals surface area contributed by atoms with E-state index in [0.29, 0.717) is 98.5 Å². The average Bonchev–Trinajstić information content (AvgIpc) is 2.78. The van der Waals surface area contributed by atoms with Gasteiger partial charge in [0.1, 0.15) is 0 Å². The maximum absolute atomic E-state index is 10.7. The van der Waals surface area contributed by atoms with Crippen LogP contribution in [-0.4, -0.2) is 129 Å². The van der Waals surface area contributed by atoms with E-state index in [-0.39, 0.29) is 5.91 Å². The van der Waals surface area contributed by atoms with Gasteiger partial charge in [-0.05, 0) is 19.9 Å². The molecule has 1 fully saturated rings. The number of rotatable bonds is 22. The largest absolute Gasteiger partial charge is 0.377 e. The third-order valence-corrected chi connectivity index (χ3v) is 4.73. The monoisotopic (exact) mass is 464 g/mol. The van der Waals surface area contributed by atoms with Crippen LogP contribution >= 0.6 is 0 Å². The van der Waals surface area contributed by atoms with E-state index in [1.54, 1.807) is 0 Å². The minimum absolute atomic E-state index is 0.0526. The summed E-state index contributed by atoms with van der Waals surface area (Å²) >= 11 is 0. The van der Waals surface area contributed by atoms with Crippen LogP contribution < -0.4 is 5.32 Å². The molecular weight excluding hydrogens is 420 g/mol. The van der Waals surface area contributed by atoms with Gasteiger partial charge in [0.15, 0.2) is 0 Å². The van der Waals surface area contributed by atoms with Crippen molar-refractivity contribution in [3.63, 3.8) is 0 Å². The zero-order valence-electron chi connectivity index (χ0n) is 20.0. The van der Waals surface area contributed by atoms with Crippen molar-refractivity contribution >= 4 is 5.91 Å². The van der Waals surface area contributed by atoms with Crippen LogP contribution in [0.2, 0.25) is 0 Å². The predicted molar refractivity (Wildman–Crippen MR) is 120 cm³/mol. The molecule has 10 heteroatoms. The number of piperidine rings is 1. The van der Waals surface area contributed by atoms with Crippen molar-refractivity contribution in [3.8, 4) is 0 Å². The summed E-state index contributed by atoms with van der Waals surface area (Å²) in [6.45, 7) is 11.3. The zero-order valence-corrected chi connectivity index (χ0v) is 20.0. The number of hydrogen-bond donors (Lipinski definition) is 1. The molecule has 1 rings (SSSR count).